The molecule has 0 saturated heterocycles. The Balaban J connectivity index is 3.01. The van der Waals surface area contributed by atoms with Crippen LogP contribution in [0, 0.1) is 5.41 Å². The number of hydrogen-bond donors (Lipinski definition) is 2. The number of rotatable bonds is 3. The SMILES string of the molecule is C=C(c1ccc(O)cc1)N(O)C(C)(C)C(C)(C)C. The molecule has 0 bridgehead atoms. The fourth-order valence-corrected chi connectivity index (χ4v) is 1.43. The third-order valence-corrected chi connectivity index (χ3v) is 3.82. The van der Waals surface area contributed by atoms with Gasteiger partial charge in [0.2, 0.25) is 0 Å². The molecule has 2 N–H and O–H groups in total. The topological polar surface area (TPSA) is 43.7 Å². The molecule has 0 radical (unpaired) electrons. The van der Waals surface area contributed by atoms with Crippen LogP contribution in [0.15, 0.2) is 30.8 Å². The highest BCUT2D eigenvalue weighted by Gasteiger charge is 2.39. The molecule has 18 heavy (non-hydrogen) atoms. The molecular weight excluding hydrogens is 226 g/mol. The van der Waals surface area contributed by atoms with E-state index in [9.17, 15) is 10.3 Å². The Hall–Kier alpha value is -1.48. The summed E-state index contributed by atoms with van der Waals surface area (Å²) in [5.41, 5.74) is 0.742. The maximum atomic E-state index is 10.4. The molecule has 0 aliphatic heterocycles. The summed E-state index contributed by atoms with van der Waals surface area (Å²) in [6.45, 7) is 14.1. The summed E-state index contributed by atoms with van der Waals surface area (Å²) in [6, 6.07) is 6.64. The molecule has 0 aliphatic carbocycles. The lowest BCUT2D eigenvalue weighted by Crippen LogP contribution is -2.50. The van der Waals surface area contributed by atoms with Crippen molar-refractivity contribution in [3.05, 3.63) is 36.4 Å². The number of nitrogens with zero attached hydrogens (tertiary/aromatic N) is 1. The van der Waals surface area contributed by atoms with Crippen LogP contribution in [0.1, 0.15) is 40.2 Å². The minimum absolute atomic E-state index is 0.110. The summed E-state index contributed by atoms with van der Waals surface area (Å²) in [7, 11) is 0. The quantitative estimate of drug-likeness (QED) is 0.799. The molecule has 0 unspecified atom stereocenters. The molecule has 1 rings (SSSR count). The zero-order valence-corrected chi connectivity index (χ0v) is 11.9. The van der Waals surface area contributed by atoms with Gasteiger partial charge in [0.25, 0.3) is 0 Å². The molecule has 0 heterocycles. The number of aromatic hydroxyl groups is 1. The van der Waals surface area contributed by atoms with Crippen LogP contribution in [0.3, 0.4) is 0 Å². The van der Waals surface area contributed by atoms with E-state index in [0.717, 1.165) is 5.56 Å². The van der Waals surface area contributed by atoms with Crippen molar-refractivity contribution in [1.29, 1.82) is 0 Å². The summed E-state index contributed by atoms with van der Waals surface area (Å²) >= 11 is 0. The summed E-state index contributed by atoms with van der Waals surface area (Å²) in [4.78, 5) is 0. The van der Waals surface area contributed by atoms with Crippen molar-refractivity contribution in [3.8, 4) is 5.75 Å². The van der Waals surface area contributed by atoms with Crippen molar-refractivity contribution >= 4 is 5.70 Å². The van der Waals surface area contributed by atoms with Crippen LogP contribution >= 0.6 is 0 Å². The minimum Gasteiger partial charge on any atom is -0.508 e. The molecule has 0 spiro atoms. The van der Waals surface area contributed by atoms with Gasteiger partial charge in [0.05, 0.1) is 11.2 Å². The van der Waals surface area contributed by atoms with Crippen LogP contribution in [0.2, 0.25) is 0 Å². The third-order valence-electron chi connectivity index (χ3n) is 3.82. The summed E-state index contributed by atoms with van der Waals surface area (Å²) in [6.07, 6.45) is 0. The molecule has 100 valence electrons. The first-order valence-corrected chi connectivity index (χ1v) is 6.05. The average Bonchev–Trinajstić information content (AvgIpc) is 2.26. The lowest BCUT2D eigenvalue weighted by atomic mass is 9.75. The van der Waals surface area contributed by atoms with Crippen LogP contribution < -0.4 is 0 Å². The highest BCUT2D eigenvalue weighted by Crippen LogP contribution is 2.37. The van der Waals surface area contributed by atoms with Gasteiger partial charge in [-0.15, -0.1) is 0 Å². The highest BCUT2D eigenvalue weighted by atomic mass is 16.5. The Morgan fingerprint density at radius 1 is 1.06 bits per heavy atom. The van der Waals surface area contributed by atoms with Crippen LogP contribution in [0.5, 0.6) is 5.75 Å². The average molecular weight is 249 g/mol. The molecule has 3 nitrogen and oxygen atoms in total. The highest BCUT2D eigenvalue weighted by molar-refractivity contribution is 5.62. The number of hydrogen-bond acceptors (Lipinski definition) is 3. The van der Waals surface area contributed by atoms with E-state index in [2.05, 4.69) is 27.4 Å². The molecule has 1 aromatic carbocycles. The Kier molecular flexibility index (Phi) is 3.77. The fourth-order valence-electron chi connectivity index (χ4n) is 1.43. The van der Waals surface area contributed by atoms with Gasteiger partial charge in [-0.2, -0.15) is 0 Å². The van der Waals surface area contributed by atoms with Crippen molar-refractivity contribution in [2.75, 3.05) is 0 Å². The van der Waals surface area contributed by atoms with Gasteiger partial charge in [0.1, 0.15) is 5.75 Å². The largest absolute Gasteiger partial charge is 0.508 e. The van der Waals surface area contributed by atoms with Gasteiger partial charge in [-0.05, 0) is 49.1 Å². The second kappa shape index (κ2) is 4.65. The van der Waals surface area contributed by atoms with Gasteiger partial charge in [-0.3, -0.25) is 10.3 Å². The van der Waals surface area contributed by atoms with Crippen LogP contribution in [-0.4, -0.2) is 20.9 Å². The predicted octanol–water partition coefficient (Wildman–Crippen LogP) is 3.88. The molecule has 1 aromatic rings. The van der Waals surface area contributed by atoms with E-state index in [1.807, 2.05) is 13.8 Å². The second-order valence-corrected chi connectivity index (χ2v) is 6.11. The zero-order valence-electron chi connectivity index (χ0n) is 11.9. The number of hydroxylamine groups is 2. The predicted molar refractivity (Wildman–Crippen MR) is 74.3 cm³/mol. The molecule has 3 heteroatoms. The van der Waals surface area contributed by atoms with E-state index in [-0.39, 0.29) is 11.2 Å². The lowest BCUT2D eigenvalue weighted by Gasteiger charge is -2.45. The molecular formula is C15H23NO2. The summed E-state index contributed by atoms with van der Waals surface area (Å²) in [5, 5.41) is 20.8. The summed E-state index contributed by atoms with van der Waals surface area (Å²) in [5.74, 6) is 0.200. The number of phenolic OH excluding ortho intramolecular Hbond substituents is 1. The van der Waals surface area contributed by atoms with Gasteiger partial charge >= 0.3 is 0 Å². The van der Waals surface area contributed by atoms with Crippen molar-refractivity contribution in [1.82, 2.24) is 5.06 Å². The first-order chi connectivity index (χ1) is 8.07. The van der Waals surface area contributed by atoms with Crippen LogP contribution in [0.25, 0.3) is 5.70 Å². The molecule has 0 atom stereocenters. The monoisotopic (exact) mass is 249 g/mol. The van der Waals surface area contributed by atoms with E-state index in [1.54, 1.807) is 24.3 Å². The second-order valence-electron chi connectivity index (χ2n) is 6.11. The van der Waals surface area contributed by atoms with Crippen molar-refractivity contribution in [2.24, 2.45) is 5.41 Å². The maximum absolute atomic E-state index is 10.4. The fraction of sp³-hybridized carbons (Fsp3) is 0.467. The van der Waals surface area contributed by atoms with E-state index in [1.165, 1.54) is 5.06 Å². The van der Waals surface area contributed by atoms with Crippen molar-refractivity contribution in [3.63, 3.8) is 0 Å². The Morgan fingerprint density at radius 2 is 1.50 bits per heavy atom. The first kappa shape index (κ1) is 14.6. The minimum atomic E-state index is -0.456. The van der Waals surface area contributed by atoms with E-state index < -0.39 is 5.54 Å². The van der Waals surface area contributed by atoms with Crippen LogP contribution in [0.4, 0.5) is 0 Å². The first-order valence-electron chi connectivity index (χ1n) is 6.05. The molecule has 0 aromatic heterocycles. The van der Waals surface area contributed by atoms with Gasteiger partial charge < -0.3 is 5.11 Å². The normalized spacial score (nSPS) is 12.3. The van der Waals surface area contributed by atoms with Crippen molar-refractivity contribution < 1.29 is 10.3 Å². The number of phenols is 1. The Labute approximate surface area is 109 Å². The van der Waals surface area contributed by atoms with Crippen molar-refractivity contribution in [2.45, 2.75) is 40.2 Å². The zero-order chi connectivity index (χ0) is 14.1. The molecule has 0 aliphatic rings. The van der Waals surface area contributed by atoms with Gasteiger partial charge in [0, 0.05) is 0 Å². The Morgan fingerprint density at radius 3 is 1.89 bits per heavy atom. The van der Waals surface area contributed by atoms with Crippen LogP contribution in [-0.2, 0) is 0 Å². The van der Waals surface area contributed by atoms with E-state index in [0.29, 0.717) is 5.70 Å². The Bertz CT molecular complexity index is 427. The summed E-state index contributed by atoms with van der Waals surface area (Å²) < 4.78 is 0. The smallest absolute Gasteiger partial charge is 0.115 e. The van der Waals surface area contributed by atoms with Gasteiger partial charge in [0.15, 0.2) is 0 Å². The maximum Gasteiger partial charge on any atom is 0.115 e. The standard InChI is InChI=1S/C15H23NO2/c1-11(12-7-9-13(17)10-8-12)16(18)15(5,6)14(2,3)4/h7-10,17-18H,1H2,2-6H3. The number of benzene rings is 1. The van der Waals surface area contributed by atoms with Gasteiger partial charge in [-0.1, -0.05) is 27.4 Å². The molecule has 0 saturated carbocycles. The van der Waals surface area contributed by atoms with Gasteiger partial charge in [-0.25, -0.2) is 0 Å². The van der Waals surface area contributed by atoms with E-state index >= 15 is 0 Å². The molecule has 0 fully saturated rings. The third kappa shape index (κ3) is 2.67. The molecule has 0 amide bonds. The lowest BCUT2D eigenvalue weighted by molar-refractivity contribution is -0.143. The van der Waals surface area contributed by atoms with E-state index in [4.69, 9.17) is 0 Å².